The lowest BCUT2D eigenvalue weighted by Crippen LogP contribution is -2.44. The standard InChI is InChI=1S/C27H27N5O2/c33-23-14-21-9-10-22(15-23)32(21)20-7-4-17(5-8-20)26-24-13-18(6-11-25(24)30-31-26)27(34)29-16-19-3-1-2-12-28-19/h1-8,11-13,21-23,33H,9-10,14-16H2,(H,29,34)(H,30,31). The first-order chi connectivity index (χ1) is 16.7. The number of aromatic amines is 1. The van der Waals surface area contributed by atoms with Crippen LogP contribution in [0.25, 0.3) is 22.2 Å². The van der Waals surface area contributed by atoms with Crippen LogP contribution in [-0.4, -0.2) is 44.4 Å². The normalized spacial score (nSPS) is 21.7. The minimum atomic E-state index is -0.168. The summed E-state index contributed by atoms with van der Waals surface area (Å²) >= 11 is 0. The number of carbonyl (C=O) groups is 1. The van der Waals surface area contributed by atoms with Gasteiger partial charge in [-0.25, -0.2) is 0 Å². The Kier molecular flexibility index (Phi) is 5.26. The Bertz CT molecular complexity index is 1300. The number of aliphatic hydroxyl groups excluding tert-OH is 1. The number of piperidine rings is 1. The van der Waals surface area contributed by atoms with Gasteiger partial charge in [0.25, 0.3) is 5.91 Å². The van der Waals surface area contributed by atoms with Crippen molar-refractivity contribution in [3.8, 4) is 11.3 Å². The second kappa shape index (κ2) is 8.57. The van der Waals surface area contributed by atoms with Gasteiger partial charge < -0.3 is 15.3 Å². The van der Waals surface area contributed by atoms with Crippen molar-refractivity contribution in [1.29, 1.82) is 0 Å². The van der Waals surface area contributed by atoms with Crippen molar-refractivity contribution in [2.75, 3.05) is 4.90 Å². The molecule has 2 fully saturated rings. The highest BCUT2D eigenvalue weighted by molar-refractivity contribution is 6.01. The molecule has 2 saturated heterocycles. The molecule has 0 radical (unpaired) electrons. The van der Waals surface area contributed by atoms with Crippen molar-refractivity contribution >= 4 is 22.5 Å². The Morgan fingerprint density at radius 3 is 2.59 bits per heavy atom. The van der Waals surface area contributed by atoms with Crippen LogP contribution >= 0.6 is 0 Å². The average Bonchev–Trinajstić information content (AvgIpc) is 3.41. The Balaban J connectivity index is 1.23. The molecular weight excluding hydrogens is 426 g/mol. The summed E-state index contributed by atoms with van der Waals surface area (Å²) in [6.45, 7) is 0.382. The summed E-state index contributed by atoms with van der Waals surface area (Å²) in [6, 6.07) is 20.6. The summed E-state index contributed by atoms with van der Waals surface area (Å²) in [5.74, 6) is -0.141. The van der Waals surface area contributed by atoms with Gasteiger partial charge in [-0.2, -0.15) is 5.10 Å². The fourth-order valence-corrected chi connectivity index (χ4v) is 5.51. The van der Waals surface area contributed by atoms with E-state index >= 15 is 0 Å². The minimum Gasteiger partial charge on any atom is -0.393 e. The smallest absolute Gasteiger partial charge is 0.251 e. The van der Waals surface area contributed by atoms with E-state index in [1.165, 1.54) is 5.69 Å². The van der Waals surface area contributed by atoms with Crippen molar-refractivity contribution in [3.05, 3.63) is 78.1 Å². The number of pyridine rings is 1. The Morgan fingerprint density at radius 1 is 1.06 bits per heavy atom. The lowest BCUT2D eigenvalue weighted by atomic mass is 9.98. The van der Waals surface area contributed by atoms with Gasteiger partial charge in [-0.15, -0.1) is 0 Å². The van der Waals surface area contributed by atoms with E-state index in [4.69, 9.17) is 0 Å². The summed E-state index contributed by atoms with van der Waals surface area (Å²) < 4.78 is 0. The molecule has 2 aliphatic heterocycles. The van der Waals surface area contributed by atoms with Crippen LogP contribution in [-0.2, 0) is 6.54 Å². The van der Waals surface area contributed by atoms with Gasteiger partial charge in [0.15, 0.2) is 0 Å². The van der Waals surface area contributed by atoms with E-state index < -0.39 is 0 Å². The summed E-state index contributed by atoms with van der Waals surface area (Å²) in [6.07, 6.45) is 5.56. The number of anilines is 1. The summed E-state index contributed by atoms with van der Waals surface area (Å²) in [5.41, 5.74) is 5.34. The van der Waals surface area contributed by atoms with Crippen LogP contribution in [0.2, 0.25) is 0 Å². The van der Waals surface area contributed by atoms with Gasteiger partial charge in [-0.05, 0) is 68.1 Å². The molecule has 3 N–H and O–H groups in total. The number of H-pyrrole nitrogens is 1. The van der Waals surface area contributed by atoms with E-state index in [1.807, 2.05) is 36.4 Å². The number of rotatable bonds is 5. The van der Waals surface area contributed by atoms with Gasteiger partial charge in [0.1, 0.15) is 0 Å². The molecular formula is C27H27N5O2. The number of aromatic nitrogens is 3. The second-order valence-electron chi connectivity index (χ2n) is 9.30. The molecule has 6 rings (SSSR count). The number of amides is 1. The molecule has 0 saturated carbocycles. The summed E-state index contributed by atoms with van der Waals surface area (Å²) in [7, 11) is 0. The molecule has 34 heavy (non-hydrogen) atoms. The van der Waals surface area contributed by atoms with Crippen LogP contribution in [0.4, 0.5) is 5.69 Å². The Morgan fingerprint density at radius 2 is 1.85 bits per heavy atom. The third-order valence-corrected chi connectivity index (χ3v) is 7.13. The van der Waals surface area contributed by atoms with Crippen LogP contribution in [0, 0.1) is 0 Å². The molecule has 0 aliphatic carbocycles. The number of nitrogens with one attached hydrogen (secondary N) is 2. The second-order valence-corrected chi connectivity index (χ2v) is 9.30. The Labute approximate surface area is 197 Å². The van der Waals surface area contributed by atoms with E-state index in [0.29, 0.717) is 24.2 Å². The zero-order valence-electron chi connectivity index (χ0n) is 18.8. The van der Waals surface area contributed by atoms with Gasteiger partial charge in [-0.3, -0.25) is 14.9 Å². The third kappa shape index (κ3) is 3.82. The predicted octanol–water partition coefficient (Wildman–Crippen LogP) is 4.05. The predicted molar refractivity (Wildman–Crippen MR) is 131 cm³/mol. The highest BCUT2D eigenvalue weighted by atomic mass is 16.3. The largest absolute Gasteiger partial charge is 0.393 e. The molecule has 7 heteroatoms. The fourth-order valence-electron chi connectivity index (χ4n) is 5.51. The van der Waals surface area contributed by atoms with Crippen molar-refractivity contribution in [1.82, 2.24) is 20.5 Å². The van der Waals surface area contributed by atoms with Gasteiger partial charge in [0.2, 0.25) is 0 Å². The van der Waals surface area contributed by atoms with E-state index in [0.717, 1.165) is 53.5 Å². The van der Waals surface area contributed by atoms with E-state index in [-0.39, 0.29) is 12.0 Å². The quantitative estimate of drug-likeness (QED) is 0.424. The minimum absolute atomic E-state index is 0.141. The maximum Gasteiger partial charge on any atom is 0.251 e. The lowest BCUT2D eigenvalue weighted by Gasteiger charge is -2.39. The molecule has 2 atom stereocenters. The average molecular weight is 454 g/mol. The zero-order chi connectivity index (χ0) is 23.1. The number of aliphatic hydroxyl groups is 1. The highest BCUT2D eigenvalue weighted by Crippen LogP contribution is 2.40. The summed E-state index contributed by atoms with van der Waals surface area (Å²) in [4.78, 5) is 19.5. The molecule has 0 spiro atoms. The first-order valence-electron chi connectivity index (χ1n) is 11.9. The number of carbonyl (C=O) groups excluding carboxylic acids is 1. The van der Waals surface area contributed by atoms with Gasteiger partial charge in [0, 0.05) is 40.5 Å². The number of hydrogen-bond donors (Lipinski definition) is 3. The van der Waals surface area contributed by atoms with Crippen molar-refractivity contribution in [3.63, 3.8) is 0 Å². The Hall–Kier alpha value is -3.71. The number of benzene rings is 2. The van der Waals surface area contributed by atoms with Gasteiger partial charge >= 0.3 is 0 Å². The number of hydrogen-bond acceptors (Lipinski definition) is 5. The van der Waals surface area contributed by atoms with Crippen LogP contribution < -0.4 is 10.2 Å². The number of nitrogens with zero attached hydrogens (tertiary/aromatic N) is 3. The monoisotopic (exact) mass is 453 g/mol. The zero-order valence-corrected chi connectivity index (χ0v) is 18.8. The molecule has 2 bridgehead atoms. The molecule has 7 nitrogen and oxygen atoms in total. The van der Waals surface area contributed by atoms with Crippen molar-refractivity contribution in [2.24, 2.45) is 0 Å². The topological polar surface area (TPSA) is 94.1 Å². The molecule has 2 aromatic carbocycles. The highest BCUT2D eigenvalue weighted by Gasteiger charge is 2.40. The molecule has 1 amide bonds. The molecule has 2 aliphatic rings. The SMILES string of the molecule is O=C(NCc1ccccn1)c1ccc2[nH]nc(-c3ccc(N4C5CCC4CC(O)C5)cc3)c2c1. The molecule has 2 aromatic heterocycles. The summed E-state index contributed by atoms with van der Waals surface area (Å²) in [5, 5.41) is 21.6. The van der Waals surface area contributed by atoms with Crippen LogP contribution in [0.15, 0.2) is 66.9 Å². The van der Waals surface area contributed by atoms with E-state index in [9.17, 15) is 9.90 Å². The van der Waals surface area contributed by atoms with Crippen LogP contribution in [0.3, 0.4) is 0 Å². The molecule has 172 valence electrons. The lowest BCUT2D eigenvalue weighted by molar-refractivity contribution is 0.0950. The first-order valence-corrected chi connectivity index (χ1v) is 11.9. The van der Waals surface area contributed by atoms with Gasteiger partial charge in [0.05, 0.1) is 29.6 Å². The maximum absolute atomic E-state index is 12.7. The van der Waals surface area contributed by atoms with Crippen LogP contribution in [0.5, 0.6) is 0 Å². The fraction of sp³-hybridized carbons (Fsp3) is 0.296. The number of fused-ring (bicyclic) bond motifs is 3. The van der Waals surface area contributed by atoms with Crippen LogP contribution in [0.1, 0.15) is 41.7 Å². The molecule has 4 heterocycles. The van der Waals surface area contributed by atoms with E-state index in [1.54, 1.807) is 6.20 Å². The third-order valence-electron chi connectivity index (χ3n) is 7.13. The molecule has 4 aromatic rings. The first kappa shape index (κ1) is 20.9. The van der Waals surface area contributed by atoms with Gasteiger partial charge in [-0.1, -0.05) is 18.2 Å². The molecule has 2 unspecified atom stereocenters. The van der Waals surface area contributed by atoms with Crippen molar-refractivity contribution in [2.45, 2.75) is 50.4 Å². The van der Waals surface area contributed by atoms with Crippen molar-refractivity contribution < 1.29 is 9.90 Å². The maximum atomic E-state index is 12.7. The van der Waals surface area contributed by atoms with E-state index in [2.05, 4.69) is 49.7 Å².